The number of aromatic nitrogens is 2. The number of aryl methyl sites for hydroxylation is 1. The first-order chi connectivity index (χ1) is 12.1. The van der Waals surface area contributed by atoms with Gasteiger partial charge in [-0.2, -0.15) is 0 Å². The summed E-state index contributed by atoms with van der Waals surface area (Å²) in [5, 5.41) is 5.83. The van der Waals surface area contributed by atoms with E-state index in [4.69, 9.17) is 0 Å². The Morgan fingerprint density at radius 3 is 2.48 bits per heavy atom. The van der Waals surface area contributed by atoms with Gasteiger partial charge in [0.1, 0.15) is 5.82 Å². The molecule has 0 bridgehead atoms. The maximum absolute atomic E-state index is 12.9. The highest BCUT2D eigenvalue weighted by Crippen LogP contribution is 2.14. The van der Waals surface area contributed by atoms with Crippen LogP contribution in [0.25, 0.3) is 0 Å². The van der Waals surface area contributed by atoms with Crippen molar-refractivity contribution in [1.82, 2.24) is 15.3 Å². The summed E-state index contributed by atoms with van der Waals surface area (Å²) in [6, 6.07) is 13.8. The normalized spacial score (nSPS) is 10.3. The van der Waals surface area contributed by atoms with Crippen LogP contribution in [0.4, 0.5) is 16.0 Å². The Hall–Kier alpha value is -3.28. The van der Waals surface area contributed by atoms with E-state index in [1.54, 1.807) is 12.1 Å². The molecule has 0 aliphatic rings. The molecule has 0 aliphatic carbocycles. The Morgan fingerprint density at radius 2 is 1.80 bits per heavy atom. The zero-order valence-electron chi connectivity index (χ0n) is 13.7. The molecule has 1 heterocycles. The molecule has 0 unspecified atom stereocenters. The van der Waals surface area contributed by atoms with Crippen LogP contribution < -0.4 is 10.6 Å². The van der Waals surface area contributed by atoms with Crippen LogP contribution in [0.2, 0.25) is 0 Å². The van der Waals surface area contributed by atoms with Crippen molar-refractivity contribution in [2.24, 2.45) is 0 Å². The summed E-state index contributed by atoms with van der Waals surface area (Å²) in [5.41, 5.74) is 3.18. The van der Waals surface area contributed by atoms with Gasteiger partial charge in [0.25, 0.3) is 5.91 Å². The molecule has 0 saturated carbocycles. The number of anilines is 2. The molecule has 0 radical (unpaired) electrons. The second-order valence-corrected chi connectivity index (χ2v) is 5.60. The van der Waals surface area contributed by atoms with E-state index in [-0.39, 0.29) is 11.7 Å². The van der Waals surface area contributed by atoms with Gasteiger partial charge in [-0.15, -0.1) is 0 Å². The van der Waals surface area contributed by atoms with Crippen LogP contribution >= 0.6 is 0 Å². The Kier molecular flexibility index (Phi) is 4.99. The third-order valence-electron chi connectivity index (χ3n) is 3.55. The van der Waals surface area contributed by atoms with Gasteiger partial charge < -0.3 is 10.6 Å². The third kappa shape index (κ3) is 4.60. The van der Waals surface area contributed by atoms with Crippen LogP contribution in [-0.4, -0.2) is 15.9 Å². The highest BCUT2D eigenvalue weighted by atomic mass is 19.1. The lowest BCUT2D eigenvalue weighted by molar-refractivity contribution is 0.0950. The van der Waals surface area contributed by atoms with E-state index in [1.807, 2.05) is 31.2 Å². The number of benzene rings is 2. The predicted molar refractivity (Wildman–Crippen MR) is 94.1 cm³/mol. The van der Waals surface area contributed by atoms with E-state index in [0.717, 1.165) is 16.8 Å². The fourth-order valence-electron chi connectivity index (χ4n) is 2.25. The largest absolute Gasteiger partial charge is 0.348 e. The summed E-state index contributed by atoms with van der Waals surface area (Å²) in [6.07, 6.45) is 2.93. The van der Waals surface area contributed by atoms with Crippen molar-refractivity contribution in [2.75, 3.05) is 5.32 Å². The van der Waals surface area contributed by atoms with Crippen molar-refractivity contribution in [2.45, 2.75) is 13.5 Å². The minimum Gasteiger partial charge on any atom is -0.348 e. The number of amides is 1. The average Bonchev–Trinajstić information content (AvgIpc) is 2.62. The zero-order chi connectivity index (χ0) is 17.6. The Morgan fingerprint density at radius 1 is 1.08 bits per heavy atom. The maximum atomic E-state index is 12.9. The molecule has 0 spiro atoms. The van der Waals surface area contributed by atoms with E-state index in [0.29, 0.717) is 18.1 Å². The molecule has 25 heavy (non-hydrogen) atoms. The summed E-state index contributed by atoms with van der Waals surface area (Å²) in [4.78, 5) is 20.4. The van der Waals surface area contributed by atoms with Crippen molar-refractivity contribution in [3.63, 3.8) is 0 Å². The second kappa shape index (κ2) is 7.53. The molecule has 1 aromatic heterocycles. The number of nitrogens with one attached hydrogen (secondary N) is 2. The molecule has 1 amide bonds. The smallest absolute Gasteiger partial charge is 0.254 e. The number of rotatable bonds is 5. The molecule has 0 atom stereocenters. The van der Waals surface area contributed by atoms with Crippen LogP contribution in [-0.2, 0) is 6.54 Å². The first-order valence-corrected chi connectivity index (χ1v) is 7.78. The van der Waals surface area contributed by atoms with Gasteiger partial charge in [-0.3, -0.25) is 4.79 Å². The van der Waals surface area contributed by atoms with E-state index < -0.39 is 0 Å². The molecule has 0 fully saturated rings. The monoisotopic (exact) mass is 336 g/mol. The van der Waals surface area contributed by atoms with E-state index in [9.17, 15) is 9.18 Å². The number of hydrogen-bond acceptors (Lipinski definition) is 4. The quantitative estimate of drug-likeness (QED) is 0.747. The first kappa shape index (κ1) is 16.6. The molecule has 0 saturated heterocycles. The third-order valence-corrected chi connectivity index (χ3v) is 3.55. The average molecular weight is 336 g/mol. The highest BCUT2D eigenvalue weighted by Gasteiger charge is 2.07. The number of carbonyl (C=O) groups is 1. The van der Waals surface area contributed by atoms with Crippen molar-refractivity contribution < 1.29 is 9.18 Å². The molecule has 2 N–H and O–H groups in total. The molecular weight excluding hydrogens is 319 g/mol. The van der Waals surface area contributed by atoms with Gasteiger partial charge in [-0.1, -0.05) is 24.3 Å². The molecule has 3 rings (SSSR count). The lowest BCUT2D eigenvalue weighted by Crippen LogP contribution is -2.23. The zero-order valence-corrected chi connectivity index (χ0v) is 13.7. The van der Waals surface area contributed by atoms with Crippen LogP contribution in [0.15, 0.2) is 60.9 Å². The lowest BCUT2D eigenvalue weighted by Gasteiger charge is -2.07. The van der Waals surface area contributed by atoms with E-state index >= 15 is 0 Å². The van der Waals surface area contributed by atoms with Crippen LogP contribution in [0.3, 0.4) is 0 Å². The molecule has 3 aromatic rings. The summed E-state index contributed by atoms with van der Waals surface area (Å²) in [5.74, 6) is -0.174. The fraction of sp³-hybridized carbons (Fsp3) is 0.105. The summed E-state index contributed by atoms with van der Waals surface area (Å²) >= 11 is 0. The van der Waals surface area contributed by atoms with Crippen LogP contribution in [0.5, 0.6) is 0 Å². The number of carbonyl (C=O) groups excluding carboxylic acids is 1. The van der Waals surface area contributed by atoms with Crippen molar-refractivity contribution in [1.29, 1.82) is 0 Å². The van der Waals surface area contributed by atoms with Gasteiger partial charge in [-0.05, 0) is 42.3 Å². The maximum Gasteiger partial charge on any atom is 0.254 e. The fourth-order valence-corrected chi connectivity index (χ4v) is 2.25. The Labute approximate surface area is 145 Å². The number of hydrogen-bond donors (Lipinski definition) is 2. The molecule has 0 aliphatic heterocycles. The SMILES string of the molecule is Cc1cccc(Nc2ncc(C(=O)NCc3ccc(F)cc3)cn2)c1. The topological polar surface area (TPSA) is 66.9 Å². The second-order valence-electron chi connectivity index (χ2n) is 5.60. The molecule has 126 valence electrons. The van der Waals surface area contributed by atoms with Crippen molar-refractivity contribution in [3.05, 3.63) is 83.4 Å². The first-order valence-electron chi connectivity index (χ1n) is 7.78. The molecular formula is C19H17FN4O. The number of halogens is 1. The van der Waals surface area contributed by atoms with Gasteiger partial charge in [0.15, 0.2) is 0 Å². The standard InChI is InChI=1S/C19H17FN4O/c1-13-3-2-4-17(9-13)24-19-22-11-15(12-23-19)18(25)21-10-14-5-7-16(20)8-6-14/h2-9,11-12H,10H2,1H3,(H,21,25)(H,22,23,24). The Bertz CT molecular complexity index is 863. The summed E-state index contributed by atoms with van der Waals surface area (Å²) < 4.78 is 12.9. The summed E-state index contributed by atoms with van der Waals surface area (Å²) in [7, 11) is 0. The lowest BCUT2D eigenvalue weighted by atomic mass is 10.2. The molecule has 2 aromatic carbocycles. The van der Waals surface area contributed by atoms with E-state index in [2.05, 4.69) is 20.6 Å². The summed E-state index contributed by atoms with van der Waals surface area (Å²) in [6.45, 7) is 2.31. The van der Waals surface area contributed by atoms with Gasteiger partial charge in [-0.25, -0.2) is 14.4 Å². The van der Waals surface area contributed by atoms with Crippen molar-refractivity contribution >= 4 is 17.5 Å². The van der Waals surface area contributed by atoms with Gasteiger partial charge in [0.2, 0.25) is 5.95 Å². The predicted octanol–water partition coefficient (Wildman–Crippen LogP) is 3.60. The number of nitrogens with zero attached hydrogens (tertiary/aromatic N) is 2. The van der Waals surface area contributed by atoms with Gasteiger partial charge in [0, 0.05) is 24.6 Å². The van der Waals surface area contributed by atoms with Gasteiger partial charge >= 0.3 is 0 Å². The molecule has 6 heteroatoms. The van der Waals surface area contributed by atoms with Crippen molar-refractivity contribution in [3.8, 4) is 0 Å². The van der Waals surface area contributed by atoms with E-state index in [1.165, 1.54) is 24.5 Å². The minimum atomic E-state index is -0.305. The van der Waals surface area contributed by atoms with Crippen LogP contribution in [0.1, 0.15) is 21.5 Å². The minimum absolute atomic E-state index is 0.286. The van der Waals surface area contributed by atoms with Crippen LogP contribution in [0, 0.1) is 12.7 Å². The van der Waals surface area contributed by atoms with Gasteiger partial charge in [0.05, 0.1) is 5.56 Å². The highest BCUT2D eigenvalue weighted by molar-refractivity contribution is 5.93. The Balaban J connectivity index is 1.59. The molecule has 5 nitrogen and oxygen atoms in total.